The van der Waals surface area contributed by atoms with Gasteiger partial charge in [-0.2, -0.15) is 9.78 Å². The van der Waals surface area contributed by atoms with E-state index in [1.54, 1.807) is 84.9 Å². The highest BCUT2D eigenvalue weighted by Crippen LogP contribution is 2.26. The number of para-hydroxylation sites is 1. The Morgan fingerprint density at radius 3 is 2.03 bits per heavy atom. The second-order valence-electron chi connectivity index (χ2n) is 8.29. The standard InChI is InChI=1S/C29H19Cl2N3O4/c30-19-15-20(31)17-21(16-19)32-27(35)26(18-9-3-1-4-10-18)38-29(37)25-23-13-7-8-14-24(23)28(36)34(33-25)22-11-5-2-6-12-22/h1-17,26H,(H,32,35). The van der Waals surface area contributed by atoms with Crippen molar-refractivity contribution in [1.82, 2.24) is 9.78 Å². The van der Waals surface area contributed by atoms with Gasteiger partial charge in [0.1, 0.15) is 0 Å². The minimum atomic E-state index is -1.33. The fourth-order valence-electron chi connectivity index (χ4n) is 3.98. The summed E-state index contributed by atoms with van der Waals surface area (Å²) in [6, 6.07) is 28.5. The van der Waals surface area contributed by atoms with Crippen LogP contribution < -0.4 is 10.9 Å². The Morgan fingerprint density at radius 2 is 1.37 bits per heavy atom. The number of anilines is 1. The lowest BCUT2D eigenvalue weighted by Gasteiger charge is -2.19. The number of rotatable bonds is 6. The van der Waals surface area contributed by atoms with Crippen molar-refractivity contribution in [2.75, 3.05) is 5.32 Å². The Balaban J connectivity index is 1.55. The first-order valence-electron chi connectivity index (χ1n) is 11.5. The molecule has 0 aliphatic rings. The van der Waals surface area contributed by atoms with E-state index in [4.69, 9.17) is 27.9 Å². The average molecular weight is 544 g/mol. The minimum Gasteiger partial charge on any atom is -0.442 e. The normalized spacial score (nSPS) is 11.6. The van der Waals surface area contributed by atoms with Gasteiger partial charge in [0.15, 0.2) is 5.69 Å². The van der Waals surface area contributed by atoms with Crippen LogP contribution in [0.4, 0.5) is 5.69 Å². The first-order chi connectivity index (χ1) is 18.4. The number of fused-ring (bicyclic) bond motifs is 1. The highest BCUT2D eigenvalue weighted by atomic mass is 35.5. The minimum absolute atomic E-state index is 0.108. The zero-order chi connectivity index (χ0) is 26.6. The van der Waals surface area contributed by atoms with Crippen LogP contribution in [0.25, 0.3) is 16.5 Å². The van der Waals surface area contributed by atoms with Crippen molar-refractivity contribution in [2.24, 2.45) is 0 Å². The van der Waals surface area contributed by atoms with Gasteiger partial charge in [-0.3, -0.25) is 9.59 Å². The Morgan fingerprint density at radius 1 is 0.789 bits per heavy atom. The van der Waals surface area contributed by atoms with Gasteiger partial charge in [-0.25, -0.2) is 4.79 Å². The van der Waals surface area contributed by atoms with Crippen molar-refractivity contribution in [1.29, 1.82) is 0 Å². The molecule has 5 rings (SSSR count). The lowest BCUT2D eigenvalue weighted by atomic mass is 10.1. The molecule has 1 unspecified atom stereocenters. The van der Waals surface area contributed by atoms with Crippen LogP contribution >= 0.6 is 23.2 Å². The molecule has 0 saturated carbocycles. The number of hydrogen-bond donors (Lipinski definition) is 1. The lowest BCUT2D eigenvalue weighted by Crippen LogP contribution is -2.29. The molecule has 1 N–H and O–H groups in total. The maximum absolute atomic E-state index is 13.6. The molecule has 5 aromatic rings. The Hall–Kier alpha value is -4.46. The Labute approximate surface area is 227 Å². The number of aromatic nitrogens is 2. The molecule has 0 aliphatic carbocycles. The maximum Gasteiger partial charge on any atom is 0.360 e. The number of esters is 1. The monoisotopic (exact) mass is 543 g/mol. The van der Waals surface area contributed by atoms with Gasteiger partial charge in [0.25, 0.3) is 11.5 Å². The van der Waals surface area contributed by atoms with Crippen LogP contribution in [0.5, 0.6) is 0 Å². The van der Waals surface area contributed by atoms with E-state index in [-0.39, 0.29) is 11.1 Å². The molecule has 1 atom stereocenters. The molecule has 0 radical (unpaired) electrons. The van der Waals surface area contributed by atoms with Crippen LogP contribution in [-0.4, -0.2) is 21.7 Å². The number of ether oxygens (including phenoxy) is 1. The van der Waals surface area contributed by atoms with Gasteiger partial charge in [0.2, 0.25) is 6.10 Å². The van der Waals surface area contributed by atoms with E-state index in [1.807, 2.05) is 0 Å². The van der Waals surface area contributed by atoms with Crippen LogP contribution in [0.2, 0.25) is 10.0 Å². The molecular formula is C29H19Cl2N3O4. The second-order valence-corrected chi connectivity index (χ2v) is 9.16. The Kier molecular flexibility index (Phi) is 7.22. The molecule has 1 aromatic heterocycles. The fourth-order valence-corrected chi connectivity index (χ4v) is 4.51. The van der Waals surface area contributed by atoms with Gasteiger partial charge < -0.3 is 10.1 Å². The molecule has 0 aliphatic heterocycles. The number of hydrogen-bond acceptors (Lipinski definition) is 5. The van der Waals surface area contributed by atoms with Crippen LogP contribution in [0.15, 0.2) is 108 Å². The molecular weight excluding hydrogens is 525 g/mol. The Bertz CT molecular complexity index is 1690. The number of carbonyl (C=O) groups is 2. The molecule has 0 spiro atoms. The smallest absolute Gasteiger partial charge is 0.360 e. The summed E-state index contributed by atoms with van der Waals surface area (Å²) in [6.45, 7) is 0. The third kappa shape index (κ3) is 5.29. The van der Waals surface area contributed by atoms with Crippen molar-refractivity contribution in [2.45, 2.75) is 6.10 Å². The molecule has 9 heteroatoms. The van der Waals surface area contributed by atoms with Gasteiger partial charge in [0.05, 0.1) is 11.1 Å². The topological polar surface area (TPSA) is 90.3 Å². The van der Waals surface area contributed by atoms with Gasteiger partial charge in [-0.1, -0.05) is 89.9 Å². The van der Waals surface area contributed by atoms with E-state index in [0.717, 1.165) is 4.68 Å². The molecule has 0 fully saturated rings. The van der Waals surface area contributed by atoms with E-state index in [9.17, 15) is 14.4 Å². The summed E-state index contributed by atoms with van der Waals surface area (Å²) < 4.78 is 6.90. The zero-order valence-corrected chi connectivity index (χ0v) is 21.2. The van der Waals surface area contributed by atoms with E-state index < -0.39 is 23.5 Å². The van der Waals surface area contributed by atoms with Crippen LogP contribution in [0.1, 0.15) is 22.2 Å². The van der Waals surface area contributed by atoms with E-state index in [2.05, 4.69) is 10.4 Å². The molecule has 1 heterocycles. The molecule has 38 heavy (non-hydrogen) atoms. The van der Waals surface area contributed by atoms with Crippen LogP contribution in [0, 0.1) is 0 Å². The zero-order valence-electron chi connectivity index (χ0n) is 19.7. The summed E-state index contributed by atoms with van der Waals surface area (Å²) in [6.07, 6.45) is -1.33. The van der Waals surface area contributed by atoms with Crippen molar-refractivity contribution >= 4 is 51.5 Å². The quantitative estimate of drug-likeness (QED) is 0.256. The highest BCUT2D eigenvalue weighted by Gasteiger charge is 2.28. The summed E-state index contributed by atoms with van der Waals surface area (Å²) in [7, 11) is 0. The molecule has 1 amide bonds. The summed E-state index contributed by atoms with van der Waals surface area (Å²) in [5.41, 5.74) is 0.757. The van der Waals surface area contributed by atoms with E-state index in [0.29, 0.717) is 32.4 Å². The van der Waals surface area contributed by atoms with Gasteiger partial charge >= 0.3 is 5.97 Å². The van der Waals surface area contributed by atoms with E-state index >= 15 is 0 Å². The predicted molar refractivity (Wildman–Crippen MR) is 147 cm³/mol. The number of nitrogens with one attached hydrogen (secondary N) is 1. The summed E-state index contributed by atoms with van der Waals surface area (Å²) in [4.78, 5) is 40.1. The number of nitrogens with zero attached hydrogens (tertiary/aromatic N) is 2. The van der Waals surface area contributed by atoms with Crippen molar-refractivity contribution in [3.63, 3.8) is 0 Å². The van der Waals surface area contributed by atoms with Crippen molar-refractivity contribution in [3.8, 4) is 5.69 Å². The van der Waals surface area contributed by atoms with Crippen LogP contribution in [0.3, 0.4) is 0 Å². The third-order valence-corrected chi connectivity index (χ3v) is 6.13. The average Bonchev–Trinajstić information content (AvgIpc) is 2.92. The summed E-state index contributed by atoms with van der Waals surface area (Å²) in [5.74, 6) is -1.50. The van der Waals surface area contributed by atoms with Gasteiger partial charge in [0, 0.05) is 26.7 Å². The lowest BCUT2D eigenvalue weighted by molar-refractivity contribution is -0.125. The van der Waals surface area contributed by atoms with Crippen LogP contribution in [-0.2, 0) is 9.53 Å². The molecule has 7 nitrogen and oxygen atoms in total. The largest absolute Gasteiger partial charge is 0.442 e. The first-order valence-corrected chi connectivity index (χ1v) is 12.3. The van der Waals surface area contributed by atoms with Gasteiger partial charge in [-0.15, -0.1) is 0 Å². The highest BCUT2D eigenvalue weighted by molar-refractivity contribution is 6.35. The number of halogens is 2. The van der Waals surface area contributed by atoms with Gasteiger partial charge in [-0.05, 0) is 36.4 Å². The third-order valence-electron chi connectivity index (χ3n) is 5.69. The second kappa shape index (κ2) is 10.9. The fraction of sp³-hybridized carbons (Fsp3) is 0.0345. The number of benzene rings is 4. The summed E-state index contributed by atoms with van der Waals surface area (Å²) in [5, 5.41) is 8.31. The van der Waals surface area contributed by atoms with E-state index in [1.165, 1.54) is 18.2 Å². The molecule has 0 bridgehead atoms. The maximum atomic E-state index is 13.6. The SMILES string of the molecule is O=C(OC(C(=O)Nc1cc(Cl)cc(Cl)c1)c1ccccc1)c1nn(-c2ccccc2)c(=O)c2ccccc12. The molecule has 4 aromatic carbocycles. The summed E-state index contributed by atoms with van der Waals surface area (Å²) >= 11 is 12.1. The molecule has 0 saturated heterocycles. The predicted octanol–water partition coefficient (Wildman–Crippen LogP) is 6.23. The van der Waals surface area contributed by atoms with Crippen molar-refractivity contribution < 1.29 is 14.3 Å². The number of carbonyl (C=O) groups excluding carboxylic acids is 2. The number of amides is 1. The first kappa shape index (κ1) is 25.2. The van der Waals surface area contributed by atoms with Crippen molar-refractivity contribution in [3.05, 3.63) is 135 Å². The molecule has 188 valence electrons.